The van der Waals surface area contributed by atoms with E-state index in [9.17, 15) is 0 Å². The number of benzene rings is 2. The summed E-state index contributed by atoms with van der Waals surface area (Å²) in [5.74, 6) is 1.02. The molecule has 0 saturated carbocycles. The lowest BCUT2D eigenvalue weighted by Gasteiger charge is -2.29. The van der Waals surface area contributed by atoms with E-state index in [2.05, 4.69) is 60.4 Å². The van der Waals surface area contributed by atoms with Gasteiger partial charge in [-0.05, 0) is 42.2 Å². The fraction of sp³-hybridized carbons (Fsp3) is 0.333. The lowest BCUT2D eigenvalue weighted by atomic mass is 9.86. The Labute approximate surface area is 138 Å². The van der Waals surface area contributed by atoms with Crippen molar-refractivity contribution in [3.05, 3.63) is 70.8 Å². The minimum absolute atomic E-state index is 0.658. The smallest absolute Gasteiger partial charge is 0.127 e. The molecule has 1 saturated heterocycles. The molecule has 0 amide bonds. The second kappa shape index (κ2) is 6.21. The van der Waals surface area contributed by atoms with Gasteiger partial charge in [0, 0.05) is 18.7 Å². The van der Waals surface area contributed by atoms with E-state index in [1.165, 1.54) is 35.4 Å². The molecule has 2 heterocycles. The topological polar surface area (TPSA) is 12.5 Å². The Kier molecular flexibility index (Phi) is 3.92. The first-order chi connectivity index (χ1) is 11.4. The van der Waals surface area contributed by atoms with Crippen molar-refractivity contribution < 1.29 is 4.74 Å². The van der Waals surface area contributed by atoms with Gasteiger partial charge in [0.15, 0.2) is 0 Å². The molecule has 0 radical (unpaired) electrons. The van der Waals surface area contributed by atoms with Crippen molar-refractivity contribution in [2.75, 3.05) is 19.6 Å². The predicted octanol–water partition coefficient (Wildman–Crippen LogP) is 4.50. The van der Waals surface area contributed by atoms with Gasteiger partial charge >= 0.3 is 0 Å². The van der Waals surface area contributed by atoms with Gasteiger partial charge in [0.05, 0.1) is 0 Å². The number of hydrogen-bond donors (Lipinski definition) is 0. The summed E-state index contributed by atoms with van der Waals surface area (Å²) in [5.41, 5.74) is 6.92. The average molecular weight is 305 g/mol. The van der Waals surface area contributed by atoms with Crippen molar-refractivity contribution in [1.82, 2.24) is 4.90 Å². The molecule has 2 aromatic rings. The van der Waals surface area contributed by atoms with Gasteiger partial charge in [-0.15, -0.1) is 0 Å². The van der Waals surface area contributed by atoms with Crippen LogP contribution < -0.4 is 4.74 Å². The Morgan fingerprint density at radius 1 is 0.913 bits per heavy atom. The van der Waals surface area contributed by atoms with E-state index in [0.29, 0.717) is 6.61 Å². The van der Waals surface area contributed by atoms with Crippen LogP contribution in [0.4, 0.5) is 0 Å². The van der Waals surface area contributed by atoms with E-state index in [-0.39, 0.29) is 0 Å². The zero-order chi connectivity index (χ0) is 15.6. The molecule has 0 aliphatic carbocycles. The molecule has 2 aliphatic heterocycles. The van der Waals surface area contributed by atoms with Gasteiger partial charge in [-0.1, -0.05) is 55.0 Å². The molecular formula is C21H23NO. The SMILES string of the molecule is CCN1CCC(=C2c3ccccc3COc3ccccc32)CC1. The van der Waals surface area contributed by atoms with Crippen LogP contribution in [0.3, 0.4) is 0 Å². The summed E-state index contributed by atoms with van der Waals surface area (Å²) in [7, 11) is 0. The molecule has 1 fully saturated rings. The van der Waals surface area contributed by atoms with Crippen LogP contribution in [-0.4, -0.2) is 24.5 Å². The first-order valence-corrected chi connectivity index (χ1v) is 8.61. The van der Waals surface area contributed by atoms with Gasteiger partial charge in [-0.3, -0.25) is 0 Å². The van der Waals surface area contributed by atoms with Crippen LogP contribution in [0.25, 0.3) is 5.57 Å². The molecule has 118 valence electrons. The number of ether oxygens (including phenoxy) is 1. The highest BCUT2D eigenvalue weighted by Crippen LogP contribution is 2.40. The molecule has 2 heteroatoms. The minimum atomic E-state index is 0.658. The van der Waals surface area contributed by atoms with Gasteiger partial charge in [-0.2, -0.15) is 0 Å². The van der Waals surface area contributed by atoms with E-state index in [1.54, 1.807) is 5.57 Å². The van der Waals surface area contributed by atoms with Crippen LogP contribution in [0.15, 0.2) is 54.1 Å². The van der Waals surface area contributed by atoms with Crippen LogP contribution in [0.2, 0.25) is 0 Å². The average Bonchev–Trinajstić information content (AvgIpc) is 2.79. The lowest BCUT2D eigenvalue weighted by molar-refractivity contribution is 0.270. The minimum Gasteiger partial charge on any atom is -0.488 e. The Morgan fingerprint density at radius 2 is 1.61 bits per heavy atom. The third kappa shape index (κ3) is 2.68. The highest BCUT2D eigenvalue weighted by molar-refractivity contribution is 5.87. The quantitative estimate of drug-likeness (QED) is 0.769. The number of rotatable bonds is 1. The third-order valence-corrected chi connectivity index (χ3v) is 5.09. The van der Waals surface area contributed by atoms with E-state index < -0.39 is 0 Å². The molecule has 4 rings (SSSR count). The van der Waals surface area contributed by atoms with Gasteiger partial charge < -0.3 is 9.64 Å². The third-order valence-electron chi connectivity index (χ3n) is 5.09. The Hall–Kier alpha value is -2.06. The summed E-state index contributed by atoms with van der Waals surface area (Å²) in [4.78, 5) is 2.54. The number of likely N-dealkylation sites (tertiary alicyclic amines) is 1. The lowest BCUT2D eigenvalue weighted by Crippen LogP contribution is -2.30. The molecule has 0 aromatic heterocycles. The van der Waals surface area contributed by atoms with Gasteiger partial charge in [0.25, 0.3) is 0 Å². The molecule has 0 atom stereocenters. The van der Waals surface area contributed by atoms with Gasteiger partial charge in [0.2, 0.25) is 0 Å². The number of para-hydroxylation sites is 1. The second-order valence-corrected chi connectivity index (χ2v) is 6.35. The summed E-state index contributed by atoms with van der Waals surface area (Å²) >= 11 is 0. The largest absolute Gasteiger partial charge is 0.488 e. The fourth-order valence-corrected chi connectivity index (χ4v) is 3.76. The van der Waals surface area contributed by atoms with Gasteiger partial charge in [0.1, 0.15) is 12.4 Å². The molecular weight excluding hydrogens is 282 g/mol. The highest BCUT2D eigenvalue weighted by atomic mass is 16.5. The van der Waals surface area contributed by atoms with E-state index in [0.717, 1.165) is 25.1 Å². The number of piperidine rings is 1. The molecule has 0 N–H and O–H groups in total. The molecule has 0 spiro atoms. The first-order valence-electron chi connectivity index (χ1n) is 8.61. The second-order valence-electron chi connectivity index (χ2n) is 6.35. The van der Waals surface area contributed by atoms with Gasteiger partial charge in [-0.25, -0.2) is 0 Å². The summed E-state index contributed by atoms with van der Waals surface area (Å²) < 4.78 is 6.09. The summed E-state index contributed by atoms with van der Waals surface area (Å²) in [5, 5.41) is 0. The van der Waals surface area contributed by atoms with Crippen LogP contribution in [0.5, 0.6) is 5.75 Å². The fourth-order valence-electron chi connectivity index (χ4n) is 3.76. The van der Waals surface area contributed by atoms with Crippen LogP contribution in [0, 0.1) is 0 Å². The monoisotopic (exact) mass is 305 g/mol. The highest BCUT2D eigenvalue weighted by Gasteiger charge is 2.23. The maximum atomic E-state index is 6.09. The molecule has 2 aromatic carbocycles. The number of hydrogen-bond acceptors (Lipinski definition) is 2. The van der Waals surface area contributed by atoms with Crippen molar-refractivity contribution in [2.45, 2.75) is 26.4 Å². The van der Waals surface area contributed by atoms with Crippen LogP contribution in [0.1, 0.15) is 36.5 Å². The van der Waals surface area contributed by atoms with Crippen molar-refractivity contribution in [3.63, 3.8) is 0 Å². The van der Waals surface area contributed by atoms with Crippen molar-refractivity contribution in [2.24, 2.45) is 0 Å². The molecule has 23 heavy (non-hydrogen) atoms. The predicted molar refractivity (Wildman–Crippen MR) is 94.6 cm³/mol. The summed E-state index contributed by atoms with van der Waals surface area (Å²) in [6.45, 7) is 6.40. The zero-order valence-corrected chi connectivity index (χ0v) is 13.7. The number of nitrogens with zero attached hydrogens (tertiary/aromatic N) is 1. The Morgan fingerprint density at radius 3 is 2.39 bits per heavy atom. The first kappa shape index (κ1) is 14.5. The van der Waals surface area contributed by atoms with Crippen molar-refractivity contribution in [3.8, 4) is 5.75 Å². The molecule has 2 nitrogen and oxygen atoms in total. The van der Waals surface area contributed by atoms with Crippen molar-refractivity contribution >= 4 is 5.57 Å². The number of fused-ring (bicyclic) bond motifs is 2. The maximum absolute atomic E-state index is 6.09. The molecule has 0 bridgehead atoms. The van der Waals surface area contributed by atoms with Crippen LogP contribution in [-0.2, 0) is 6.61 Å². The zero-order valence-electron chi connectivity index (χ0n) is 13.7. The van der Waals surface area contributed by atoms with E-state index in [4.69, 9.17) is 4.74 Å². The maximum Gasteiger partial charge on any atom is 0.127 e. The Bertz CT molecular complexity index is 688. The summed E-state index contributed by atoms with van der Waals surface area (Å²) in [6.07, 6.45) is 2.32. The standard InChI is InChI=1S/C21H23NO/c1-2-22-13-11-16(12-14-22)21-18-8-4-3-7-17(18)15-23-20-10-6-5-9-19(20)21/h3-10H,2,11-15H2,1H3. The molecule has 0 unspecified atom stereocenters. The van der Waals surface area contributed by atoms with Crippen molar-refractivity contribution in [1.29, 1.82) is 0 Å². The van der Waals surface area contributed by atoms with E-state index in [1.807, 2.05) is 0 Å². The molecule has 2 aliphatic rings. The normalized spacial score (nSPS) is 18.0. The Balaban J connectivity index is 1.87. The van der Waals surface area contributed by atoms with Crippen LogP contribution >= 0.6 is 0 Å². The van der Waals surface area contributed by atoms with E-state index >= 15 is 0 Å². The summed E-state index contributed by atoms with van der Waals surface area (Å²) in [6, 6.07) is 17.2.